The number of carbonyl (C=O) groups is 2. The van der Waals surface area contributed by atoms with Gasteiger partial charge < -0.3 is 19.3 Å². The van der Waals surface area contributed by atoms with E-state index >= 15 is 0 Å². The maximum atomic E-state index is 12.3. The normalized spacial score (nSPS) is 12.9. The van der Waals surface area contributed by atoms with E-state index in [4.69, 9.17) is 19.3 Å². The van der Waals surface area contributed by atoms with Gasteiger partial charge in [0.2, 0.25) is 0 Å². The number of hydrogen-bond acceptors (Lipinski definition) is 6. The lowest BCUT2D eigenvalue weighted by atomic mass is 10.0. The van der Waals surface area contributed by atoms with Gasteiger partial charge in [0.15, 0.2) is 6.10 Å². The predicted octanol–water partition coefficient (Wildman–Crippen LogP) is 10.2. The lowest BCUT2D eigenvalue weighted by Crippen LogP contribution is -2.29. The Morgan fingerprint density at radius 2 is 1.07 bits per heavy atom. The second-order valence-electron chi connectivity index (χ2n) is 11.8. The van der Waals surface area contributed by atoms with Crippen LogP contribution in [0.2, 0.25) is 0 Å². The highest BCUT2D eigenvalue weighted by molar-refractivity contribution is 7.46. The number of hydrogen-bond donors (Lipinski definition) is 2. The molecule has 45 heavy (non-hydrogen) atoms. The van der Waals surface area contributed by atoms with Crippen molar-refractivity contribution in [3.05, 3.63) is 36.5 Å². The standard InChI is InChI=1S/C36H65O8P/c1-3-5-7-9-11-13-15-17-18-19-21-22-24-26-28-30-35(37)42-32-34(33-43-45(39,40)41)44-36(38)31-29-27-25-23-20-16-14-12-10-8-6-4-2/h5,7,11,13,17-18,34H,3-4,6,8-10,12,14-16,19-33H2,1-2H3,(H2,39,40,41)/b7-5-,13-11-,18-17-/t34-/m1/s1. The largest absolute Gasteiger partial charge is 0.469 e. The number of ether oxygens (including phenoxy) is 2. The summed E-state index contributed by atoms with van der Waals surface area (Å²) in [4.78, 5) is 42.6. The summed E-state index contributed by atoms with van der Waals surface area (Å²) in [6.07, 6.45) is 35.8. The lowest BCUT2D eigenvalue weighted by molar-refractivity contribution is -0.161. The number of allylic oxidation sites excluding steroid dienone is 6. The molecule has 2 N–H and O–H groups in total. The maximum Gasteiger partial charge on any atom is 0.469 e. The minimum atomic E-state index is -4.75. The second-order valence-corrected chi connectivity index (χ2v) is 13.1. The highest BCUT2D eigenvalue weighted by Crippen LogP contribution is 2.36. The van der Waals surface area contributed by atoms with E-state index in [9.17, 15) is 14.2 Å². The summed E-state index contributed by atoms with van der Waals surface area (Å²) in [5.41, 5.74) is 0. The van der Waals surface area contributed by atoms with Crippen LogP contribution in [0, 0.1) is 0 Å². The van der Waals surface area contributed by atoms with Crippen LogP contribution in [0.3, 0.4) is 0 Å². The second kappa shape index (κ2) is 32.2. The summed E-state index contributed by atoms with van der Waals surface area (Å²) in [7, 11) is -4.75. The number of rotatable bonds is 32. The number of carbonyl (C=O) groups excluding carboxylic acids is 2. The van der Waals surface area contributed by atoms with Gasteiger partial charge in [0.05, 0.1) is 6.61 Å². The summed E-state index contributed by atoms with van der Waals surface area (Å²) in [5.74, 6) is -0.905. The van der Waals surface area contributed by atoms with Gasteiger partial charge in [-0.05, 0) is 44.9 Å². The van der Waals surface area contributed by atoms with Gasteiger partial charge in [-0.2, -0.15) is 0 Å². The van der Waals surface area contributed by atoms with E-state index in [1.165, 1.54) is 51.4 Å². The first-order valence-electron chi connectivity index (χ1n) is 17.8. The van der Waals surface area contributed by atoms with Gasteiger partial charge in [-0.25, -0.2) is 4.57 Å². The molecule has 0 aliphatic rings. The molecule has 262 valence electrons. The van der Waals surface area contributed by atoms with Crippen molar-refractivity contribution >= 4 is 19.8 Å². The van der Waals surface area contributed by atoms with Crippen LogP contribution >= 0.6 is 7.82 Å². The average molecular weight is 657 g/mol. The molecule has 0 aliphatic heterocycles. The first-order chi connectivity index (χ1) is 21.8. The molecule has 0 saturated carbocycles. The average Bonchev–Trinajstić information content (AvgIpc) is 3.00. The van der Waals surface area contributed by atoms with Crippen LogP contribution in [0.25, 0.3) is 0 Å². The highest BCUT2D eigenvalue weighted by atomic mass is 31.2. The highest BCUT2D eigenvalue weighted by Gasteiger charge is 2.22. The zero-order valence-corrected chi connectivity index (χ0v) is 29.4. The summed E-state index contributed by atoms with van der Waals surface area (Å²) in [5, 5.41) is 0. The number of esters is 2. The molecule has 0 aromatic carbocycles. The van der Waals surface area contributed by atoms with Gasteiger partial charge in [-0.15, -0.1) is 0 Å². The molecule has 0 amide bonds. The molecule has 0 aliphatic carbocycles. The van der Waals surface area contributed by atoms with Crippen molar-refractivity contribution in [3.63, 3.8) is 0 Å². The molecule has 9 heteroatoms. The van der Waals surface area contributed by atoms with Crippen molar-refractivity contribution < 1.29 is 37.9 Å². The molecule has 8 nitrogen and oxygen atoms in total. The molecule has 0 bridgehead atoms. The molecular weight excluding hydrogens is 591 g/mol. The smallest absolute Gasteiger partial charge is 0.462 e. The Balaban J connectivity index is 4.01. The fraction of sp³-hybridized carbons (Fsp3) is 0.778. The number of phosphoric ester groups is 1. The van der Waals surface area contributed by atoms with Crippen molar-refractivity contribution in [1.29, 1.82) is 0 Å². The van der Waals surface area contributed by atoms with Crippen molar-refractivity contribution in [2.24, 2.45) is 0 Å². The van der Waals surface area contributed by atoms with Crippen molar-refractivity contribution in [2.75, 3.05) is 13.2 Å². The topological polar surface area (TPSA) is 119 Å². The minimum absolute atomic E-state index is 0.210. The molecule has 0 heterocycles. The summed E-state index contributed by atoms with van der Waals surface area (Å²) in [6.45, 7) is 3.53. The van der Waals surface area contributed by atoms with E-state index in [1.807, 2.05) is 0 Å². The van der Waals surface area contributed by atoms with E-state index in [2.05, 4.69) is 54.8 Å². The Kier molecular flexibility index (Phi) is 31.0. The van der Waals surface area contributed by atoms with Crippen LogP contribution in [0.5, 0.6) is 0 Å². The zero-order valence-electron chi connectivity index (χ0n) is 28.5. The Hall–Kier alpha value is -1.73. The molecule has 0 saturated heterocycles. The van der Waals surface area contributed by atoms with Gasteiger partial charge in [-0.3, -0.25) is 14.1 Å². The van der Waals surface area contributed by atoms with Crippen LogP contribution in [-0.2, 0) is 28.2 Å². The third-order valence-corrected chi connectivity index (χ3v) is 7.91. The van der Waals surface area contributed by atoms with Crippen LogP contribution in [0.1, 0.15) is 162 Å². The van der Waals surface area contributed by atoms with Gasteiger partial charge in [-0.1, -0.05) is 140 Å². The number of phosphoric acid groups is 1. The molecule has 0 fully saturated rings. The fourth-order valence-corrected chi connectivity index (χ4v) is 5.16. The molecule has 0 spiro atoms. The van der Waals surface area contributed by atoms with E-state index in [0.29, 0.717) is 12.8 Å². The van der Waals surface area contributed by atoms with Crippen LogP contribution in [0.4, 0.5) is 0 Å². The summed E-state index contributed by atoms with van der Waals surface area (Å²) in [6, 6.07) is 0. The van der Waals surface area contributed by atoms with E-state index in [-0.39, 0.29) is 19.4 Å². The Morgan fingerprint density at radius 1 is 0.600 bits per heavy atom. The maximum absolute atomic E-state index is 12.3. The summed E-state index contributed by atoms with van der Waals surface area (Å²) < 4.78 is 26.2. The third-order valence-electron chi connectivity index (χ3n) is 7.42. The Labute approximate surface area is 274 Å². The van der Waals surface area contributed by atoms with Gasteiger partial charge >= 0.3 is 19.8 Å². The molecule has 0 radical (unpaired) electrons. The fourth-order valence-electron chi connectivity index (χ4n) is 4.80. The van der Waals surface area contributed by atoms with Gasteiger partial charge in [0.25, 0.3) is 0 Å². The van der Waals surface area contributed by atoms with E-state index < -0.39 is 32.5 Å². The molecule has 0 rings (SSSR count). The lowest BCUT2D eigenvalue weighted by Gasteiger charge is -2.18. The molecule has 0 aromatic heterocycles. The molecule has 0 unspecified atom stereocenters. The SMILES string of the molecule is CC/C=C\C/C=C\C/C=C\CCCCCCCC(=O)OC[C@H](COP(=O)(O)O)OC(=O)CCCCCCCCCCCCCC. The first-order valence-corrected chi connectivity index (χ1v) is 19.3. The van der Waals surface area contributed by atoms with Crippen molar-refractivity contribution in [3.8, 4) is 0 Å². The summed E-state index contributed by atoms with van der Waals surface area (Å²) >= 11 is 0. The quantitative estimate of drug-likeness (QED) is 0.0318. The van der Waals surface area contributed by atoms with Gasteiger partial charge in [0, 0.05) is 12.8 Å². The monoisotopic (exact) mass is 656 g/mol. The minimum Gasteiger partial charge on any atom is -0.462 e. The molecule has 1 atom stereocenters. The Bertz CT molecular complexity index is 833. The first kappa shape index (κ1) is 43.3. The van der Waals surface area contributed by atoms with Crippen LogP contribution < -0.4 is 0 Å². The predicted molar refractivity (Wildman–Crippen MR) is 184 cm³/mol. The van der Waals surface area contributed by atoms with Gasteiger partial charge in [0.1, 0.15) is 6.61 Å². The zero-order chi connectivity index (χ0) is 33.3. The molecule has 0 aromatic rings. The van der Waals surface area contributed by atoms with Crippen molar-refractivity contribution in [2.45, 2.75) is 168 Å². The number of unbranched alkanes of at least 4 members (excludes halogenated alkanes) is 16. The van der Waals surface area contributed by atoms with E-state index in [0.717, 1.165) is 70.6 Å². The van der Waals surface area contributed by atoms with E-state index in [1.54, 1.807) is 0 Å². The van der Waals surface area contributed by atoms with Crippen LogP contribution in [-0.4, -0.2) is 41.0 Å². The molecular formula is C36H65O8P. The van der Waals surface area contributed by atoms with Crippen LogP contribution in [0.15, 0.2) is 36.5 Å². The Morgan fingerprint density at radius 3 is 1.60 bits per heavy atom. The third kappa shape index (κ3) is 35.0. The van der Waals surface area contributed by atoms with Crippen molar-refractivity contribution in [1.82, 2.24) is 0 Å².